The van der Waals surface area contributed by atoms with Crippen molar-refractivity contribution in [1.29, 1.82) is 0 Å². The van der Waals surface area contributed by atoms with Gasteiger partial charge in [-0.1, -0.05) is 6.07 Å². The summed E-state index contributed by atoms with van der Waals surface area (Å²) in [6.45, 7) is 8.27. The maximum absolute atomic E-state index is 12.4. The van der Waals surface area contributed by atoms with Crippen LogP contribution in [0.2, 0.25) is 0 Å². The van der Waals surface area contributed by atoms with Crippen LogP contribution in [0.15, 0.2) is 55.1 Å². The molecule has 39 heavy (non-hydrogen) atoms. The summed E-state index contributed by atoms with van der Waals surface area (Å²) in [6, 6.07) is 9.47. The van der Waals surface area contributed by atoms with Gasteiger partial charge in [-0.05, 0) is 57.9 Å². The summed E-state index contributed by atoms with van der Waals surface area (Å²) in [5, 5.41) is 15.2. The number of carbonyl (C=O) groups excluding carboxylic acids is 2. The van der Waals surface area contributed by atoms with E-state index in [-0.39, 0.29) is 24.0 Å². The Kier molecular flexibility index (Phi) is 7.09. The van der Waals surface area contributed by atoms with Gasteiger partial charge in [0.2, 0.25) is 5.91 Å². The zero-order chi connectivity index (χ0) is 27.6. The molecule has 0 spiro atoms. The number of rotatable bonds is 5. The van der Waals surface area contributed by atoms with E-state index in [1.807, 2.05) is 55.9 Å². The van der Waals surface area contributed by atoms with Crippen LogP contribution in [-0.2, 0) is 9.53 Å². The molecule has 1 aliphatic rings. The van der Waals surface area contributed by atoms with Gasteiger partial charge in [-0.15, -0.1) is 10.2 Å². The topological polar surface area (TPSA) is 131 Å². The summed E-state index contributed by atoms with van der Waals surface area (Å²) in [7, 11) is 0. The summed E-state index contributed by atoms with van der Waals surface area (Å²) in [5.41, 5.74) is 5.23. The first-order valence-corrected chi connectivity index (χ1v) is 12.8. The number of anilines is 2. The summed E-state index contributed by atoms with van der Waals surface area (Å²) >= 11 is 0. The summed E-state index contributed by atoms with van der Waals surface area (Å²) in [5.74, 6) is -0.0490. The number of pyridine rings is 1. The molecule has 2 amide bonds. The normalized spacial score (nSPS) is 14.3. The number of aromatic nitrogens is 6. The number of ether oxygens (including phenoxy) is 1. The molecule has 4 heterocycles. The molecule has 1 aromatic carbocycles. The van der Waals surface area contributed by atoms with Gasteiger partial charge in [-0.25, -0.2) is 14.8 Å². The van der Waals surface area contributed by atoms with Crippen LogP contribution in [0.1, 0.15) is 46.6 Å². The molecule has 0 radical (unpaired) electrons. The third kappa shape index (κ3) is 6.11. The molecule has 0 unspecified atom stereocenters. The van der Waals surface area contributed by atoms with E-state index >= 15 is 0 Å². The highest BCUT2D eigenvalue weighted by Gasteiger charge is 2.28. The molecule has 12 nitrogen and oxygen atoms in total. The Hall–Kier alpha value is -4.61. The van der Waals surface area contributed by atoms with E-state index in [2.05, 4.69) is 30.7 Å². The number of amides is 2. The van der Waals surface area contributed by atoms with Crippen LogP contribution in [0, 0.1) is 0 Å². The Morgan fingerprint density at radius 3 is 2.56 bits per heavy atom. The zero-order valence-electron chi connectivity index (χ0n) is 22.4. The van der Waals surface area contributed by atoms with E-state index in [1.54, 1.807) is 29.6 Å². The van der Waals surface area contributed by atoms with Gasteiger partial charge in [0.25, 0.3) is 5.95 Å². The fraction of sp³-hybridized carbons (Fsp3) is 0.370. The minimum atomic E-state index is -0.510. The number of nitrogens with one attached hydrogen (secondary N) is 1. The highest BCUT2D eigenvalue weighted by atomic mass is 16.6. The van der Waals surface area contributed by atoms with Crippen LogP contribution in [-0.4, -0.2) is 65.5 Å². The minimum Gasteiger partial charge on any atom is -0.444 e. The van der Waals surface area contributed by atoms with Gasteiger partial charge in [0.15, 0.2) is 0 Å². The number of hydrazine groups is 1. The van der Waals surface area contributed by atoms with Crippen LogP contribution in [0.4, 0.5) is 16.4 Å². The molecular weight excluding hydrogens is 498 g/mol. The number of carbonyl (C=O) groups is 2. The third-order valence-corrected chi connectivity index (χ3v) is 6.32. The van der Waals surface area contributed by atoms with Gasteiger partial charge in [0.05, 0.1) is 29.6 Å². The quantitative estimate of drug-likeness (QED) is 0.377. The van der Waals surface area contributed by atoms with E-state index in [0.717, 1.165) is 29.3 Å². The molecule has 5 rings (SSSR count). The van der Waals surface area contributed by atoms with Crippen molar-refractivity contribution in [3.05, 3.63) is 55.1 Å². The van der Waals surface area contributed by atoms with E-state index in [0.29, 0.717) is 24.5 Å². The van der Waals surface area contributed by atoms with Gasteiger partial charge >= 0.3 is 6.09 Å². The average molecular weight is 530 g/mol. The molecule has 12 heteroatoms. The van der Waals surface area contributed by atoms with Crippen molar-refractivity contribution in [3.63, 3.8) is 0 Å². The highest BCUT2D eigenvalue weighted by Crippen LogP contribution is 2.26. The molecule has 0 saturated carbocycles. The van der Waals surface area contributed by atoms with Crippen LogP contribution in [0.25, 0.3) is 22.2 Å². The summed E-state index contributed by atoms with van der Waals surface area (Å²) in [4.78, 5) is 35.1. The summed E-state index contributed by atoms with van der Waals surface area (Å²) < 4.78 is 7.39. The number of piperidine rings is 1. The predicted molar refractivity (Wildman–Crippen MR) is 146 cm³/mol. The van der Waals surface area contributed by atoms with Crippen molar-refractivity contribution in [2.45, 2.75) is 52.2 Å². The monoisotopic (exact) mass is 529 g/mol. The number of benzene rings is 1. The lowest BCUT2D eigenvalue weighted by Crippen LogP contribution is -2.42. The summed E-state index contributed by atoms with van der Waals surface area (Å²) in [6.07, 6.45) is 8.23. The number of hydrogen-bond donors (Lipinski definition) is 1. The predicted octanol–water partition coefficient (Wildman–Crippen LogP) is 4.24. The Labute approximate surface area is 226 Å². The number of hydrogen-bond acceptors (Lipinski definition) is 9. The van der Waals surface area contributed by atoms with E-state index in [4.69, 9.17) is 4.74 Å². The van der Waals surface area contributed by atoms with E-state index in [9.17, 15) is 9.59 Å². The minimum absolute atomic E-state index is 0.167. The van der Waals surface area contributed by atoms with Crippen molar-refractivity contribution in [1.82, 2.24) is 34.8 Å². The van der Waals surface area contributed by atoms with Gasteiger partial charge < -0.3 is 9.64 Å². The van der Waals surface area contributed by atoms with Gasteiger partial charge in [0, 0.05) is 43.4 Å². The lowest BCUT2D eigenvalue weighted by molar-refractivity contribution is -0.116. The lowest BCUT2D eigenvalue weighted by Gasteiger charge is -2.33. The second-order valence-electron chi connectivity index (χ2n) is 10.4. The molecule has 1 fully saturated rings. The van der Waals surface area contributed by atoms with Crippen molar-refractivity contribution in [2.75, 3.05) is 23.5 Å². The lowest BCUT2D eigenvalue weighted by atomic mass is 10.1. The number of likely N-dealkylation sites (tertiary alicyclic amines) is 1. The van der Waals surface area contributed by atoms with Crippen molar-refractivity contribution in [2.24, 2.45) is 0 Å². The van der Waals surface area contributed by atoms with E-state index < -0.39 is 5.60 Å². The molecule has 4 aromatic rings. The van der Waals surface area contributed by atoms with Crippen LogP contribution >= 0.6 is 0 Å². The van der Waals surface area contributed by atoms with Crippen molar-refractivity contribution in [3.8, 4) is 11.3 Å². The first-order valence-electron chi connectivity index (χ1n) is 12.8. The molecule has 1 N–H and O–H groups in total. The molecule has 0 bridgehead atoms. The second kappa shape index (κ2) is 10.6. The highest BCUT2D eigenvalue weighted by molar-refractivity contribution is 5.95. The van der Waals surface area contributed by atoms with Gasteiger partial charge in [-0.3, -0.25) is 19.9 Å². The van der Waals surface area contributed by atoms with Crippen molar-refractivity contribution >= 4 is 34.5 Å². The Bertz CT molecular complexity index is 1470. The molecule has 202 valence electrons. The molecule has 0 atom stereocenters. The van der Waals surface area contributed by atoms with Crippen LogP contribution in [0.5, 0.6) is 0 Å². The Balaban J connectivity index is 1.23. The fourth-order valence-electron chi connectivity index (χ4n) is 4.40. The van der Waals surface area contributed by atoms with Crippen LogP contribution < -0.4 is 10.4 Å². The number of nitrogens with zero attached hydrogens (tertiary/aromatic N) is 8. The third-order valence-electron chi connectivity index (χ3n) is 6.32. The zero-order valence-corrected chi connectivity index (χ0v) is 22.4. The van der Waals surface area contributed by atoms with Gasteiger partial charge in [-0.2, -0.15) is 5.10 Å². The van der Waals surface area contributed by atoms with Crippen molar-refractivity contribution < 1.29 is 14.3 Å². The standard InChI is InChI=1S/C27H31N9O3/c1-18(37)36(22-7-8-23-19(14-22)6-5-11-28-23)33-25-29-16-24(31-32-25)20-15-30-35(17-20)21-9-12-34(13-10-21)26(38)39-27(2,3)4/h5-8,11,14-17,21H,9-10,12-13H2,1-4H3,(H,29,32,33). The first-order chi connectivity index (χ1) is 18.7. The maximum Gasteiger partial charge on any atom is 0.410 e. The fourth-order valence-corrected chi connectivity index (χ4v) is 4.40. The smallest absolute Gasteiger partial charge is 0.410 e. The second-order valence-corrected chi connectivity index (χ2v) is 10.4. The molecular formula is C27H31N9O3. The number of fused-ring (bicyclic) bond motifs is 1. The molecule has 3 aromatic heterocycles. The Morgan fingerprint density at radius 2 is 1.87 bits per heavy atom. The largest absolute Gasteiger partial charge is 0.444 e. The van der Waals surface area contributed by atoms with E-state index in [1.165, 1.54) is 11.9 Å². The SMILES string of the molecule is CC(=O)N(Nc1ncc(-c2cnn(C3CCN(C(=O)OC(C)(C)C)CC3)c2)nn1)c1ccc2ncccc2c1. The Morgan fingerprint density at radius 1 is 1.08 bits per heavy atom. The first kappa shape index (κ1) is 26.0. The average Bonchev–Trinajstić information content (AvgIpc) is 3.41. The molecule has 1 aliphatic heterocycles. The van der Waals surface area contributed by atoms with Crippen LogP contribution in [0.3, 0.4) is 0 Å². The molecule has 1 saturated heterocycles. The van der Waals surface area contributed by atoms with Gasteiger partial charge in [0.1, 0.15) is 11.3 Å². The molecule has 0 aliphatic carbocycles. The maximum atomic E-state index is 12.4.